The molecule has 3 heteroatoms. The van der Waals surface area contributed by atoms with Crippen molar-refractivity contribution in [1.29, 1.82) is 0 Å². The number of ether oxygens (including phenoxy) is 1. The molecule has 1 aromatic rings. The molecule has 2 rings (SSSR count). The van der Waals surface area contributed by atoms with Crippen LogP contribution in [0.5, 0.6) is 0 Å². The van der Waals surface area contributed by atoms with Crippen LogP contribution in [0.25, 0.3) is 0 Å². The van der Waals surface area contributed by atoms with Gasteiger partial charge in [0.05, 0.1) is 11.6 Å². The molecule has 1 aliphatic carbocycles. The fourth-order valence-electron chi connectivity index (χ4n) is 3.34. The van der Waals surface area contributed by atoms with Gasteiger partial charge in [-0.3, -0.25) is 0 Å². The molecule has 0 radical (unpaired) electrons. The average Bonchev–Trinajstić information content (AvgIpc) is 2.93. The van der Waals surface area contributed by atoms with Crippen LogP contribution in [0.2, 0.25) is 0 Å². The highest BCUT2D eigenvalue weighted by atomic mass is 19.1. The van der Waals surface area contributed by atoms with Crippen LogP contribution in [-0.2, 0) is 4.74 Å². The van der Waals surface area contributed by atoms with Gasteiger partial charge in [0.2, 0.25) is 0 Å². The maximum atomic E-state index is 14.3. The Morgan fingerprint density at radius 3 is 2.65 bits per heavy atom. The predicted molar refractivity (Wildman–Crippen MR) is 80.4 cm³/mol. The van der Waals surface area contributed by atoms with Crippen LogP contribution >= 0.6 is 0 Å². The van der Waals surface area contributed by atoms with Crippen LogP contribution in [-0.4, -0.2) is 19.3 Å². The maximum Gasteiger partial charge on any atom is 0.128 e. The molecule has 0 heterocycles. The minimum Gasteiger partial charge on any atom is -0.376 e. The van der Waals surface area contributed by atoms with Crippen molar-refractivity contribution >= 4 is 0 Å². The van der Waals surface area contributed by atoms with E-state index < -0.39 is 0 Å². The fourth-order valence-corrected chi connectivity index (χ4v) is 3.34. The molecule has 1 unspecified atom stereocenters. The molecule has 20 heavy (non-hydrogen) atoms. The minimum atomic E-state index is -0.260. The monoisotopic (exact) mass is 279 g/mol. The van der Waals surface area contributed by atoms with Crippen molar-refractivity contribution in [1.82, 2.24) is 5.32 Å². The lowest BCUT2D eigenvalue weighted by Gasteiger charge is -2.37. The van der Waals surface area contributed by atoms with Crippen LogP contribution < -0.4 is 5.32 Å². The number of halogens is 1. The summed E-state index contributed by atoms with van der Waals surface area (Å²) in [6.45, 7) is 5.02. The summed E-state index contributed by atoms with van der Waals surface area (Å²) >= 11 is 0. The Bertz CT molecular complexity index is 441. The Labute approximate surface area is 121 Å². The molecule has 1 fully saturated rings. The van der Waals surface area contributed by atoms with Crippen molar-refractivity contribution in [3.8, 4) is 0 Å². The molecule has 0 saturated heterocycles. The van der Waals surface area contributed by atoms with E-state index in [0.717, 1.165) is 49.8 Å². The number of rotatable bonds is 6. The molecular formula is C17H26FNO. The number of benzene rings is 1. The van der Waals surface area contributed by atoms with Crippen LogP contribution in [0.15, 0.2) is 18.2 Å². The van der Waals surface area contributed by atoms with Gasteiger partial charge in [0.25, 0.3) is 0 Å². The summed E-state index contributed by atoms with van der Waals surface area (Å²) in [5.74, 6) is -0.132. The first-order valence-electron chi connectivity index (χ1n) is 7.67. The van der Waals surface area contributed by atoms with Gasteiger partial charge in [-0.15, -0.1) is 0 Å². The number of nitrogens with one attached hydrogen (secondary N) is 1. The first-order valence-corrected chi connectivity index (χ1v) is 7.67. The molecule has 1 saturated carbocycles. The summed E-state index contributed by atoms with van der Waals surface area (Å²) in [6.07, 6.45) is 5.34. The van der Waals surface area contributed by atoms with Gasteiger partial charge in [0, 0.05) is 12.7 Å². The van der Waals surface area contributed by atoms with Crippen LogP contribution in [0, 0.1) is 12.7 Å². The Kier molecular flexibility index (Phi) is 5.17. The molecule has 0 amide bonds. The molecule has 0 bridgehead atoms. The third-order valence-corrected chi connectivity index (χ3v) is 4.44. The first-order chi connectivity index (χ1) is 9.63. The second-order valence-corrected chi connectivity index (χ2v) is 5.89. The lowest BCUT2D eigenvalue weighted by Crippen LogP contribution is -2.44. The van der Waals surface area contributed by atoms with Gasteiger partial charge < -0.3 is 10.1 Å². The zero-order valence-electron chi connectivity index (χ0n) is 12.8. The van der Waals surface area contributed by atoms with E-state index in [4.69, 9.17) is 4.74 Å². The summed E-state index contributed by atoms with van der Waals surface area (Å²) in [5, 5.41) is 3.52. The van der Waals surface area contributed by atoms with Crippen LogP contribution in [0.1, 0.15) is 56.2 Å². The summed E-state index contributed by atoms with van der Waals surface area (Å²) in [5.41, 5.74) is 1.58. The molecule has 0 spiro atoms. The second kappa shape index (κ2) is 6.68. The zero-order chi connectivity index (χ0) is 14.6. The van der Waals surface area contributed by atoms with Gasteiger partial charge in [-0.25, -0.2) is 4.39 Å². The Hall–Kier alpha value is -0.930. The topological polar surface area (TPSA) is 21.3 Å². The van der Waals surface area contributed by atoms with Crippen LogP contribution in [0.4, 0.5) is 4.39 Å². The van der Waals surface area contributed by atoms with Crippen molar-refractivity contribution in [3.63, 3.8) is 0 Å². The van der Waals surface area contributed by atoms with E-state index in [1.165, 1.54) is 0 Å². The highest BCUT2D eigenvalue weighted by Gasteiger charge is 2.43. The number of hydrogen-bond donors (Lipinski definition) is 1. The van der Waals surface area contributed by atoms with Crippen LogP contribution in [0.3, 0.4) is 0 Å². The Morgan fingerprint density at radius 1 is 1.35 bits per heavy atom. The lowest BCUT2D eigenvalue weighted by atomic mass is 9.85. The molecule has 112 valence electrons. The molecular weight excluding hydrogens is 253 g/mol. The van der Waals surface area contributed by atoms with Gasteiger partial charge in [0.15, 0.2) is 0 Å². The molecule has 2 nitrogen and oxygen atoms in total. The second-order valence-electron chi connectivity index (χ2n) is 5.89. The third kappa shape index (κ3) is 3.04. The van der Waals surface area contributed by atoms with E-state index in [0.29, 0.717) is 0 Å². The van der Waals surface area contributed by atoms with Gasteiger partial charge in [0.1, 0.15) is 5.82 Å². The molecule has 0 aliphatic heterocycles. The predicted octanol–water partition coefficient (Wildman–Crippen LogP) is 4.13. The highest BCUT2D eigenvalue weighted by molar-refractivity contribution is 5.29. The standard InChI is InChI=1S/C17H26FNO/c1-4-11-19-16(17(20-3)9-5-6-10-17)14-12-13(2)7-8-15(14)18/h7-8,12,16,19H,4-6,9-11H2,1-3H3. The van der Waals surface area contributed by atoms with Gasteiger partial charge >= 0.3 is 0 Å². The van der Waals surface area contributed by atoms with E-state index in [2.05, 4.69) is 12.2 Å². The van der Waals surface area contributed by atoms with Crippen molar-refractivity contribution in [2.24, 2.45) is 0 Å². The van der Waals surface area contributed by atoms with Crippen molar-refractivity contribution in [2.75, 3.05) is 13.7 Å². The van der Waals surface area contributed by atoms with Gasteiger partial charge in [-0.05, 0) is 38.8 Å². The largest absolute Gasteiger partial charge is 0.376 e. The zero-order valence-corrected chi connectivity index (χ0v) is 12.8. The fraction of sp³-hybridized carbons (Fsp3) is 0.647. The Morgan fingerprint density at radius 2 is 2.05 bits per heavy atom. The summed E-state index contributed by atoms with van der Waals surface area (Å²) in [6, 6.07) is 5.30. The van der Waals surface area contributed by atoms with E-state index in [-0.39, 0.29) is 17.5 Å². The normalized spacial score (nSPS) is 19.2. The smallest absolute Gasteiger partial charge is 0.128 e. The van der Waals surface area contributed by atoms with E-state index in [1.807, 2.05) is 19.1 Å². The SMILES string of the molecule is CCCNC(c1cc(C)ccc1F)C1(OC)CCCC1. The molecule has 1 aromatic carbocycles. The number of methoxy groups -OCH3 is 1. The third-order valence-electron chi connectivity index (χ3n) is 4.44. The summed E-state index contributed by atoms with van der Waals surface area (Å²) in [7, 11) is 1.76. The maximum absolute atomic E-state index is 14.3. The highest BCUT2D eigenvalue weighted by Crippen LogP contribution is 2.43. The summed E-state index contributed by atoms with van der Waals surface area (Å²) < 4.78 is 20.2. The Balaban J connectivity index is 2.38. The van der Waals surface area contributed by atoms with E-state index in [1.54, 1.807) is 13.2 Å². The quantitative estimate of drug-likeness (QED) is 0.845. The first kappa shape index (κ1) is 15.5. The molecule has 1 atom stereocenters. The van der Waals surface area contributed by atoms with E-state index in [9.17, 15) is 4.39 Å². The minimum absolute atomic E-state index is 0.0603. The van der Waals surface area contributed by atoms with Gasteiger partial charge in [-0.1, -0.05) is 37.5 Å². The molecule has 1 N–H and O–H groups in total. The summed E-state index contributed by atoms with van der Waals surface area (Å²) in [4.78, 5) is 0. The number of aryl methyl sites for hydroxylation is 1. The van der Waals surface area contributed by atoms with Crippen molar-refractivity contribution < 1.29 is 9.13 Å². The van der Waals surface area contributed by atoms with Crippen molar-refractivity contribution in [3.05, 3.63) is 35.1 Å². The number of hydrogen-bond acceptors (Lipinski definition) is 2. The lowest BCUT2D eigenvalue weighted by molar-refractivity contribution is -0.0376. The average molecular weight is 279 g/mol. The van der Waals surface area contributed by atoms with E-state index >= 15 is 0 Å². The van der Waals surface area contributed by atoms with Crippen molar-refractivity contribution in [2.45, 2.75) is 57.6 Å². The molecule has 0 aromatic heterocycles. The van der Waals surface area contributed by atoms with Gasteiger partial charge in [-0.2, -0.15) is 0 Å². The molecule has 1 aliphatic rings.